The van der Waals surface area contributed by atoms with Crippen molar-refractivity contribution in [1.82, 2.24) is 4.90 Å². The molecule has 1 unspecified atom stereocenters. The lowest BCUT2D eigenvalue weighted by Crippen LogP contribution is -2.34. The van der Waals surface area contributed by atoms with Gasteiger partial charge in [0.05, 0.1) is 13.7 Å². The molecule has 32 heavy (non-hydrogen) atoms. The number of ketones is 1. The van der Waals surface area contributed by atoms with Crippen LogP contribution in [-0.4, -0.2) is 36.7 Å². The highest BCUT2D eigenvalue weighted by Gasteiger charge is 2.27. The van der Waals surface area contributed by atoms with Gasteiger partial charge in [-0.05, 0) is 44.7 Å². The number of carbonyl (C=O) groups is 3. The summed E-state index contributed by atoms with van der Waals surface area (Å²) >= 11 is 0. The van der Waals surface area contributed by atoms with Crippen LogP contribution in [-0.2, 0) is 16.1 Å². The lowest BCUT2D eigenvalue weighted by atomic mass is 10.0. The molecule has 1 heterocycles. The third kappa shape index (κ3) is 5.31. The van der Waals surface area contributed by atoms with E-state index in [1.165, 1.54) is 14.0 Å². The van der Waals surface area contributed by atoms with Crippen LogP contribution in [0.4, 0.5) is 5.69 Å². The van der Waals surface area contributed by atoms with Crippen molar-refractivity contribution in [1.29, 1.82) is 0 Å². The summed E-state index contributed by atoms with van der Waals surface area (Å²) < 4.78 is 10.5. The lowest BCUT2D eigenvalue weighted by molar-refractivity contribution is -0.121. The van der Waals surface area contributed by atoms with E-state index in [-0.39, 0.29) is 18.2 Å². The molecule has 2 aromatic carbocycles. The molecule has 0 saturated carbocycles. The summed E-state index contributed by atoms with van der Waals surface area (Å²) in [7, 11) is 3.12. The van der Waals surface area contributed by atoms with Crippen molar-refractivity contribution in [3.63, 3.8) is 0 Å². The average Bonchev–Trinajstić information content (AvgIpc) is 3.14. The van der Waals surface area contributed by atoms with Crippen LogP contribution in [0.25, 0.3) is 0 Å². The fourth-order valence-electron chi connectivity index (χ4n) is 3.54. The van der Waals surface area contributed by atoms with Crippen LogP contribution in [0.1, 0.15) is 50.8 Å². The number of aryl methyl sites for hydroxylation is 1. The van der Waals surface area contributed by atoms with Gasteiger partial charge >= 0.3 is 5.97 Å². The summed E-state index contributed by atoms with van der Waals surface area (Å²) in [5.41, 5.74) is 2.22. The van der Waals surface area contributed by atoms with Gasteiger partial charge in [-0.1, -0.05) is 42.5 Å². The van der Waals surface area contributed by atoms with Crippen molar-refractivity contribution in [2.75, 3.05) is 19.5 Å². The second-order valence-electron chi connectivity index (χ2n) is 7.53. The Morgan fingerprint density at radius 2 is 1.78 bits per heavy atom. The second-order valence-corrected chi connectivity index (χ2v) is 7.53. The Bertz CT molecular complexity index is 1120. The molecule has 1 atom stereocenters. The number of ether oxygens (including phenoxy) is 1. The maximum Gasteiger partial charge on any atom is 0.341 e. The number of esters is 1. The molecule has 0 bridgehead atoms. The number of furan rings is 1. The molecular formula is C25H26N2O5. The van der Waals surface area contributed by atoms with Crippen LogP contribution >= 0.6 is 0 Å². The fourth-order valence-corrected chi connectivity index (χ4v) is 3.54. The molecule has 1 amide bonds. The van der Waals surface area contributed by atoms with Gasteiger partial charge in [0.25, 0.3) is 0 Å². The number of Topliss-reactive ketones (excluding diaryl/α,β-unsaturated/α-hetero) is 1. The van der Waals surface area contributed by atoms with Crippen molar-refractivity contribution in [2.24, 2.45) is 0 Å². The number of nitrogens with one attached hydrogen (secondary N) is 1. The molecule has 0 aliphatic rings. The zero-order chi connectivity index (χ0) is 23.3. The van der Waals surface area contributed by atoms with E-state index >= 15 is 0 Å². The zero-order valence-electron chi connectivity index (χ0n) is 18.5. The van der Waals surface area contributed by atoms with E-state index in [0.717, 1.165) is 5.56 Å². The minimum Gasteiger partial charge on any atom is -0.465 e. The van der Waals surface area contributed by atoms with Crippen LogP contribution in [0.3, 0.4) is 0 Å². The Balaban J connectivity index is 1.86. The Morgan fingerprint density at radius 1 is 1.06 bits per heavy atom. The van der Waals surface area contributed by atoms with Crippen molar-refractivity contribution in [2.45, 2.75) is 26.4 Å². The number of amides is 1. The molecule has 3 aromatic rings. The first kappa shape index (κ1) is 23.0. The summed E-state index contributed by atoms with van der Waals surface area (Å²) in [5.74, 6) is 0.200. The van der Waals surface area contributed by atoms with E-state index in [1.807, 2.05) is 35.2 Å². The number of benzene rings is 2. The third-order valence-electron chi connectivity index (χ3n) is 5.12. The maximum atomic E-state index is 13.3. The molecule has 0 fully saturated rings. The van der Waals surface area contributed by atoms with Crippen LogP contribution < -0.4 is 5.32 Å². The van der Waals surface area contributed by atoms with Crippen molar-refractivity contribution >= 4 is 23.3 Å². The van der Waals surface area contributed by atoms with Gasteiger partial charge in [0.15, 0.2) is 5.78 Å². The number of carbonyl (C=O) groups excluding carboxylic acids is 3. The van der Waals surface area contributed by atoms with Gasteiger partial charge in [-0.15, -0.1) is 0 Å². The van der Waals surface area contributed by atoms with Crippen LogP contribution in [0, 0.1) is 6.92 Å². The number of nitrogens with zero attached hydrogens (tertiary/aromatic N) is 1. The molecule has 166 valence electrons. The molecule has 0 aliphatic carbocycles. The normalized spacial score (nSPS) is 11.8. The quantitative estimate of drug-likeness (QED) is 0.418. The number of hydrogen-bond acceptors (Lipinski definition) is 6. The van der Waals surface area contributed by atoms with Crippen molar-refractivity contribution in [3.05, 3.63) is 88.9 Å². The third-order valence-corrected chi connectivity index (χ3v) is 5.12. The predicted octanol–water partition coefficient (Wildman–Crippen LogP) is 4.39. The molecule has 0 spiro atoms. The topological polar surface area (TPSA) is 88.9 Å². The molecule has 7 heteroatoms. The van der Waals surface area contributed by atoms with Crippen molar-refractivity contribution in [3.8, 4) is 0 Å². The predicted molar refractivity (Wildman–Crippen MR) is 121 cm³/mol. The molecule has 0 saturated heterocycles. The largest absolute Gasteiger partial charge is 0.465 e. The number of hydrogen-bond donors (Lipinski definition) is 1. The SMILES string of the molecule is COC(=O)c1cc(CN(C)C(C(=O)Nc2cccc(C(C)=O)c2)c2ccccc2)oc1C. The van der Waals surface area contributed by atoms with E-state index in [9.17, 15) is 14.4 Å². The summed E-state index contributed by atoms with van der Waals surface area (Å²) in [6.45, 7) is 3.47. The summed E-state index contributed by atoms with van der Waals surface area (Å²) in [4.78, 5) is 38.7. The Kier molecular flexibility index (Phi) is 7.22. The summed E-state index contributed by atoms with van der Waals surface area (Å²) in [6.07, 6.45) is 0. The maximum absolute atomic E-state index is 13.3. The first-order chi connectivity index (χ1) is 15.3. The van der Waals surface area contributed by atoms with Crippen LogP contribution in [0.2, 0.25) is 0 Å². The van der Waals surface area contributed by atoms with E-state index in [2.05, 4.69) is 5.32 Å². The smallest absolute Gasteiger partial charge is 0.341 e. The zero-order valence-corrected chi connectivity index (χ0v) is 18.5. The number of methoxy groups -OCH3 is 1. The molecule has 3 rings (SSSR count). The Morgan fingerprint density at radius 3 is 2.44 bits per heavy atom. The van der Waals surface area contributed by atoms with Gasteiger partial charge in [-0.25, -0.2) is 4.79 Å². The van der Waals surface area contributed by atoms with Crippen LogP contribution in [0.5, 0.6) is 0 Å². The Hall–Kier alpha value is -3.71. The highest BCUT2D eigenvalue weighted by Crippen LogP contribution is 2.25. The van der Waals surface area contributed by atoms with E-state index in [0.29, 0.717) is 28.3 Å². The molecule has 0 aliphatic heterocycles. The summed E-state index contributed by atoms with van der Waals surface area (Å²) in [6, 6.07) is 17.2. The van der Waals surface area contributed by atoms with E-state index in [1.54, 1.807) is 44.3 Å². The minimum atomic E-state index is -0.635. The molecule has 1 N–H and O–H groups in total. The van der Waals surface area contributed by atoms with E-state index < -0.39 is 12.0 Å². The number of likely N-dealkylation sites (N-methyl/N-ethyl adjacent to an activating group) is 1. The minimum absolute atomic E-state index is 0.0765. The summed E-state index contributed by atoms with van der Waals surface area (Å²) in [5, 5.41) is 2.91. The van der Waals surface area contributed by atoms with Gasteiger partial charge in [0, 0.05) is 11.3 Å². The van der Waals surface area contributed by atoms with Gasteiger partial charge in [0.1, 0.15) is 23.1 Å². The average molecular weight is 434 g/mol. The van der Waals surface area contributed by atoms with Gasteiger partial charge in [-0.2, -0.15) is 0 Å². The Labute approximate surface area is 187 Å². The number of rotatable bonds is 8. The second kappa shape index (κ2) is 10.1. The lowest BCUT2D eigenvalue weighted by Gasteiger charge is -2.27. The fraction of sp³-hybridized carbons (Fsp3) is 0.240. The van der Waals surface area contributed by atoms with Gasteiger partial charge in [-0.3, -0.25) is 14.5 Å². The molecule has 1 aromatic heterocycles. The first-order valence-electron chi connectivity index (χ1n) is 10.1. The highest BCUT2D eigenvalue weighted by molar-refractivity contribution is 5.98. The first-order valence-corrected chi connectivity index (χ1v) is 10.1. The highest BCUT2D eigenvalue weighted by atomic mass is 16.5. The van der Waals surface area contributed by atoms with Gasteiger partial charge in [0.2, 0.25) is 5.91 Å². The molecular weight excluding hydrogens is 408 g/mol. The standard InChI is InChI=1S/C25H26N2O5/c1-16(28)19-11-8-12-20(13-19)26-24(29)23(18-9-6-5-7-10-18)27(3)15-21-14-22(17(2)32-21)25(30)31-4/h5-14,23H,15H2,1-4H3,(H,26,29). The van der Waals surface area contributed by atoms with E-state index in [4.69, 9.17) is 9.15 Å². The van der Waals surface area contributed by atoms with Gasteiger partial charge < -0.3 is 14.5 Å². The number of anilines is 1. The molecule has 0 radical (unpaired) electrons. The monoisotopic (exact) mass is 434 g/mol. The molecule has 7 nitrogen and oxygen atoms in total. The van der Waals surface area contributed by atoms with Crippen molar-refractivity contribution < 1.29 is 23.5 Å². The van der Waals surface area contributed by atoms with Crippen LogP contribution in [0.15, 0.2) is 65.1 Å².